The Bertz CT molecular complexity index is 112. The summed E-state index contributed by atoms with van der Waals surface area (Å²) in [6.45, 7) is 4.75. The van der Waals surface area contributed by atoms with Crippen molar-refractivity contribution in [2.75, 3.05) is 0 Å². The third kappa shape index (κ3) is 0.720. The van der Waals surface area contributed by atoms with Crippen molar-refractivity contribution in [3.05, 3.63) is 5.92 Å². The minimum Gasteiger partial charge on any atom is -0.0622 e. The first-order valence-electron chi connectivity index (χ1n) is 4.11. The molecule has 2 rings (SSSR count). The highest BCUT2D eigenvalue weighted by Crippen LogP contribution is 2.66. The molecular formula is C9H15. The Kier molecular flexibility index (Phi) is 0.980. The molecule has 0 N–H and O–H groups in total. The highest BCUT2D eigenvalue weighted by atomic mass is 14.6. The van der Waals surface area contributed by atoms with Crippen LogP contribution < -0.4 is 0 Å². The van der Waals surface area contributed by atoms with Crippen molar-refractivity contribution >= 4 is 0 Å². The fourth-order valence-corrected chi connectivity index (χ4v) is 2.03. The molecule has 0 atom stereocenters. The van der Waals surface area contributed by atoms with Gasteiger partial charge in [-0.3, -0.25) is 0 Å². The van der Waals surface area contributed by atoms with Crippen LogP contribution in [0.2, 0.25) is 0 Å². The first-order valence-corrected chi connectivity index (χ1v) is 4.11. The van der Waals surface area contributed by atoms with Crippen molar-refractivity contribution in [3.63, 3.8) is 0 Å². The number of hydrogen-bond acceptors (Lipinski definition) is 0. The summed E-state index contributed by atoms with van der Waals surface area (Å²) in [4.78, 5) is 0. The van der Waals surface area contributed by atoms with Crippen LogP contribution in [0, 0.1) is 17.3 Å². The van der Waals surface area contributed by atoms with E-state index in [9.17, 15) is 0 Å². The predicted octanol–water partition coefficient (Wildman–Crippen LogP) is 2.79. The summed E-state index contributed by atoms with van der Waals surface area (Å²) in [6.07, 6.45) is 5.91. The van der Waals surface area contributed by atoms with Crippen LogP contribution in [0.4, 0.5) is 0 Å². The van der Waals surface area contributed by atoms with Crippen molar-refractivity contribution in [2.24, 2.45) is 11.3 Å². The average Bonchev–Trinajstić information content (AvgIpc) is 2.61. The molecule has 51 valence electrons. The molecule has 0 unspecified atom stereocenters. The Morgan fingerprint density at radius 1 is 1.22 bits per heavy atom. The second-order valence-corrected chi connectivity index (χ2v) is 3.91. The molecule has 0 aromatic heterocycles. The summed E-state index contributed by atoms with van der Waals surface area (Å²) in [7, 11) is 0. The van der Waals surface area contributed by atoms with Gasteiger partial charge in [0, 0.05) is 0 Å². The lowest BCUT2D eigenvalue weighted by molar-refractivity contribution is 0.405. The van der Waals surface area contributed by atoms with E-state index in [1.807, 2.05) is 5.92 Å². The van der Waals surface area contributed by atoms with Gasteiger partial charge in [-0.25, -0.2) is 0 Å². The minimum atomic E-state index is 0.778. The zero-order valence-corrected chi connectivity index (χ0v) is 6.41. The van der Waals surface area contributed by atoms with Crippen molar-refractivity contribution < 1.29 is 0 Å². The van der Waals surface area contributed by atoms with Gasteiger partial charge in [-0.05, 0) is 42.9 Å². The van der Waals surface area contributed by atoms with Crippen LogP contribution in [0.5, 0.6) is 0 Å². The third-order valence-electron chi connectivity index (χ3n) is 3.10. The van der Waals surface area contributed by atoms with Crippen LogP contribution in [0.25, 0.3) is 0 Å². The molecule has 0 aromatic carbocycles. The fourth-order valence-electron chi connectivity index (χ4n) is 2.03. The minimum absolute atomic E-state index is 0.778. The third-order valence-corrected chi connectivity index (χ3v) is 3.10. The van der Waals surface area contributed by atoms with E-state index in [0.717, 1.165) is 11.3 Å². The van der Waals surface area contributed by atoms with Crippen molar-refractivity contribution in [3.8, 4) is 0 Å². The Balaban J connectivity index is 2.04. The lowest BCUT2D eigenvalue weighted by Crippen LogP contribution is -2.09. The lowest BCUT2D eigenvalue weighted by Gasteiger charge is -2.17. The van der Waals surface area contributed by atoms with Crippen molar-refractivity contribution in [1.29, 1.82) is 0 Å². The molecular weight excluding hydrogens is 108 g/mol. The molecule has 0 aliphatic heterocycles. The second kappa shape index (κ2) is 1.53. The number of rotatable bonds is 2. The summed E-state index contributed by atoms with van der Waals surface area (Å²) in [5.74, 6) is 2.81. The maximum atomic E-state index is 2.37. The van der Waals surface area contributed by atoms with Gasteiger partial charge in [-0.15, -0.1) is 0 Å². The lowest BCUT2D eigenvalue weighted by atomic mass is 9.88. The van der Waals surface area contributed by atoms with Crippen LogP contribution in [0.3, 0.4) is 0 Å². The maximum absolute atomic E-state index is 2.37. The first kappa shape index (κ1) is 5.76. The second-order valence-electron chi connectivity index (χ2n) is 3.91. The zero-order chi connectivity index (χ0) is 6.48. The van der Waals surface area contributed by atoms with E-state index in [2.05, 4.69) is 13.8 Å². The van der Waals surface area contributed by atoms with E-state index >= 15 is 0 Å². The van der Waals surface area contributed by atoms with Crippen molar-refractivity contribution in [2.45, 2.75) is 39.5 Å². The van der Waals surface area contributed by atoms with Crippen LogP contribution in [0.1, 0.15) is 39.5 Å². The monoisotopic (exact) mass is 123 g/mol. The summed E-state index contributed by atoms with van der Waals surface area (Å²) < 4.78 is 0. The van der Waals surface area contributed by atoms with E-state index in [1.54, 1.807) is 0 Å². The standard InChI is InChI=1S/C9H15/c1-7(2)9(5-6-9)8-3-4-8/h7H,3-6H2,1-2H3. The van der Waals surface area contributed by atoms with E-state index in [-0.39, 0.29) is 0 Å². The smallest absolute Gasteiger partial charge is 0.0176 e. The molecule has 0 heterocycles. The topological polar surface area (TPSA) is 0 Å². The SMILES string of the molecule is CC(C)C1([C]2CC2)CC1. The summed E-state index contributed by atoms with van der Waals surface area (Å²) in [5, 5.41) is 0. The average molecular weight is 123 g/mol. The molecule has 2 fully saturated rings. The normalized spacial score (nSPS) is 31.0. The summed E-state index contributed by atoms with van der Waals surface area (Å²) >= 11 is 0. The molecule has 0 nitrogen and oxygen atoms in total. The van der Waals surface area contributed by atoms with Gasteiger partial charge < -0.3 is 0 Å². The quantitative estimate of drug-likeness (QED) is 0.529. The predicted molar refractivity (Wildman–Crippen MR) is 39.0 cm³/mol. The molecule has 0 bridgehead atoms. The molecule has 0 saturated heterocycles. The highest BCUT2D eigenvalue weighted by molar-refractivity contribution is 5.25. The molecule has 2 aliphatic carbocycles. The van der Waals surface area contributed by atoms with Crippen LogP contribution in [-0.4, -0.2) is 0 Å². The largest absolute Gasteiger partial charge is 0.0622 e. The van der Waals surface area contributed by atoms with Crippen molar-refractivity contribution in [1.82, 2.24) is 0 Å². The molecule has 0 spiro atoms. The van der Waals surface area contributed by atoms with Gasteiger partial charge in [0.25, 0.3) is 0 Å². The number of hydrogen-bond donors (Lipinski definition) is 0. The Morgan fingerprint density at radius 3 is 1.89 bits per heavy atom. The van der Waals surface area contributed by atoms with E-state index in [4.69, 9.17) is 0 Å². The molecule has 9 heavy (non-hydrogen) atoms. The molecule has 2 aliphatic rings. The molecule has 0 amide bonds. The van der Waals surface area contributed by atoms with E-state index in [0.29, 0.717) is 0 Å². The Hall–Kier alpha value is 0. The molecule has 2 saturated carbocycles. The highest BCUT2D eigenvalue weighted by Gasteiger charge is 2.55. The van der Waals surface area contributed by atoms with E-state index < -0.39 is 0 Å². The van der Waals surface area contributed by atoms with Crippen LogP contribution >= 0.6 is 0 Å². The van der Waals surface area contributed by atoms with E-state index in [1.165, 1.54) is 25.7 Å². The molecule has 0 aromatic rings. The van der Waals surface area contributed by atoms with Crippen LogP contribution in [-0.2, 0) is 0 Å². The van der Waals surface area contributed by atoms with Gasteiger partial charge in [0.05, 0.1) is 0 Å². The molecule has 0 heteroatoms. The maximum Gasteiger partial charge on any atom is -0.0176 e. The van der Waals surface area contributed by atoms with Crippen LogP contribution in [0.15, 0.2) is 0 Å². The Morgan fingerprint density at radius 2 is 1.78 bits per heavy atom. The fraction of sp³-hybridized carbons (Fsp3) is 0.889. The molecule has 1 radical (unpaired) electrons. The Labute approximate surface area is 57.6 Å². The van der Waals surface area contributed by atoms with Gasteiger partial charge in [-0.1, -0.05) is 13.8 Å². The van der Waals surface area contributed by atoms with Gasteiger partial charge >= 0.3 is 0 Å². The van der Waals surface area contributed by atoms with Gasteiger partial charge in [0.2, 0.25) is 0 Å². The zero-order valence-electron chi connectivity index (χ0n) is 6.41. The summed E-state index contributed by atoms with van der Waals surface area (Å²) in [5.41, 5.74) is 0.778. The van der Waals surface area contributed by atoms with Gasteiger partial charge in [0.1, 0.15) is 0 Å². The van der Waals surface area contributed by atoms with Gasteiger partial charge in [0.15, 0.2) is 0 Å². The summed E-state index contributed by atoms with van der Waals surface area (Å²) in [6, 6.07) is 0. The van der Waals surface area contributed by atoms with Gasteiger partial charge in [-0.2, -0.15) is 0 Å². The first-order chi connectivity index (χ1) is 4.26.